The number of hydrogen-bond donors (Lipinski definition) is 0. The second-order valence-corrected chi connectivity index (χ2v) is 1.72. The second-order valence-electron chi connectivity index (χ2n) is 0.0639. The van der Waals surface area contributed by atoms with Gasteiger partial charge in [-0.1, -0.05) is 36.3 Å². The van der Waals surface area contributed by atoms with Crippen molar-refractivity contribution in [3.8, 4) is 0 Å². The predicted molar refractivity (Wildman–Crippen MR) is 30.0 cm³/mol. The van der Waals surface area contributed by atoms with Crippen LogP contribution in [-0.4, -0.2) is 0 Å². The maximum atomic E-state index is 4.74. The first-order chi connectivity index (χ1) is 2.41. The van der Waals surface area contributed by atoms with Gasteiger partial charge in [0.1, 0.15) is 7.29 Å². The molecule has 0 aromatic carbocycles. The minimum Gasteiger partial charge on any atom is -0.0704 e. The van der Waals surface area contributed by atoms with Crippen molar-refractivity contribution in [3.05, 3.63) is 0 Å². The number of hydrogen-bond acceptors (Lipinski definition) is 0. The molecular weight excluding hydrogens is 126 g/mol. The maximum Gasteiger partial charge on any atom is 0.141 e. The molecule has 3 heteroatoms. The van der Waals surface area contributed by atoms with Gasteiger partial charge in [0.05, 0.1) is 0 Å². The summed E-state index contributed by atoms with van der Waals surface area (Å²) in [5.74, 6) is 0. The van der Waals surface area contributed by atoms with Crippen LogP contribution in [0.4, 0.5) is 0 Å². The van der Waals surface area contributed by atoms with Gasteiger partial charge < -0.3 is 0 Å². The fourth-order valence-electron chi connectivity index (χ4n) is 0. The molecular formula is C2H6Cl2P. The molecule has 0 rings (SSSR count). The normalized spacial score (nSPS) is 4.80. The Kier molecular flexibility index (Phi) is 37.4. The smallest absolute Gasteiger partial charge is 0.0704 e. The third kappa shape index (κ3) is 44.5. The van der Waals surface area contributed by atoms with Crippen LogP contribution in [-0.2, 0) is 0 Å². The van der Waals surface area contributed by atoms with E-state index in [1.54, 1.807) is 0 Å². The van der Waals surface area contributed by atoms with E-state index in [1.165, 1.54) is 0 Å². The highest BCUT2D eigenvalue weighted by Crippen LogP contribution is 2.19. The summed E-state index contributed by atoms with van der Waals surface area (Å²) in [6, 6.07) is 0. The van der Waals surface area contributed by atoms with Gasteiger partial charge in [-0.25, -0.2) is 0 Å². The second kappa shape index (κ2) is 19.9. The van der Waals surface area contributed by atoms with Gasteiger partial charge in [0.2, 0.25) is 0 Å². The Hall–Kier alpha value is 1.01. The number of rotatable bonds is 0. The van der Waals surface area contributed by atoms with Crippen LogP contribution < -0.4 is 0 Å². The summed E-state index contributed by atoms with van der Waals surface area (Å²) in [6.07, 6.45) is 0. The van der Waals surface area contributed by atoms with Crippen LogP contribution in [0.1, 0.15) is 13.8 Å². The fraction of sp³-hybridized carbons (Fsp3) is 1.00. The highest BCUT2D eigenvalue weighted by Gasteiger charge is 1.45. The summed E-state index contributed by atoms with van der Waals surface area (Å²) < 4.78 is 0. The third-order valence-electron chi connectivity index (χ3n) is 0. The van der Waals surface area contributed by atoms with Crippen LogP contribution in [0.25, 0.3) is 0 Å². The molecule has 0 N–H and O–H groups in total. The Labute approximate surface area is 44.2 Å². The summed E-state index contributed by atoms with van der Waals surface area (Å²) in [6.45, 7) is 4.00. The minimum absolute atomic E-state index is 0.361. The largest absolute Gasteiger partial charge is 0.141 e. The van der Waals surface area contributed by atoms with Crippen molar-refractivity contribution in [2.24, 2.45) is 0 Å². The van der Waals surface area contributed by atoms with Crippen LogP contribution in [0.15, 0.2) is 0 Å². The van der Waals surface area contributed by atoms with E-state index in [1.807, 2.05) is 13.8 Å². The van der Waals surface area contributed by atoms with E-state index in [0.717, 1.165) is 0 Å². The average Bonchev–Trinajstić information content (AvgIpc) is 1.46. The quantitative estimate of drug-likeness (QED) is 0.443. The van der Waals surface area contributed by atoms with Gasteiger partial charge in [0.25, 0.3) is 0 Å². The van der Waals surface area contributed by atoms with Gasteiger partial charge in [0.15, 0.2) is 0 Å². The Bertz CT molecular complexity index is 7.61. The van der Waals surface area contributed by atoms with Crippen molar-refractivity contribution < 1.29 is 0 Å². The lowest BCUT2D eigenvalue weighted by Crippen LogP contribution is -0.856. The Balaban J connectivity index is 0. The van der Waals surface area contributed by atoms with Gasteiger partial charge >= 0.3 is 0 Å². The lowest BCUT2D eigenvalue weighted by molar-refractivity contribution is 1.50. The van der Waals surface area contributed by atoms with Crippen molar-refractivity contribution in [2.45, 2.75) is 13.8 Å². The molecule has 5 heavy (non-hydrogen) atoms. The molecule has 0 nitrogen and oxygen atoms in total. The molecule has 0 heterocycles. The molecule has 0 bridgehead atoms. The summed E-state index contributed by atoms with van der Waals surface area (Å²) in [4.78, 5) is 0. The van der Waals surface area contributed by atoms with Crippen molar-refractivity contribution in [3.63, 3.8) is 0 Å². The fourth-order valence-corrected chi connectivity index (χ4v) is 0. The van der Waals surface area contributed by atoms with Gasteiger partial charge in [-0.2, -0.15) is 0 Å². The van der Waals surface area contributed by atoms with Crippen molar-refractivity contribution in [1.29, 1.82) is 0 Å². The Morgan fingerprint density at radius 1 is 1.20 bits per heavy atom. The molecule has 0 unspecified atom stereocenters. The lowest BCUT2D eigenvalue weighted by atomic mass is 11.0. The van der Waals surface area contributed by atoms with Crippen LogP contribution >= 0.6 is 29.8 Å². The van der Waals surface area contributed by atoms with Crippen LogP contribution in [0.2, 0.25) is 0 Å². The SMILES string of the molecule is CC.Cl[P]Cl. The molecule has 0 aliphatic rings. The number of halogens is 2. The monoisotopic (exact) mass is 131 g/mol. The summed E-state index contributed by atoms with van der Waals surface area (Å²) in [7, 11) is 0.361. The molecule has 0 aromatic heterocycles. The molecule has 0 amide bonds. The minimum atomic E-state index is 0.361. The average molecular weight is 132 g/mol. The molecule has 1 radical (unpaired) electrons. The summed E-state index contributed by atoms with van der Waals surface area (Å²) in [5, 5.41) is 0. The third-order valence-corrected chi connectivity index (χ3v) is 0. The van der Waals surface area contributed by atoms with Crippen molar-refractivity contribution in [1.82, 2.24) is 0 Å². The highest BCUT2D eigenvalue weighted by atomic mass is 35.9. The van der Waals surface area contributed by atoms with E-state index < -0.39 is 0 Å². The van der Waals surface area contributed by atoms with Crippen LogP contribution in [0, 0.1) is 0 Å². The molecule has 0 fully saturated rings. The lowest BCUT2D eigenvalue weighted by Gasteiger charge is -1.38. The molecule has 0 spiro atoms. The Morgan fingerprint density at radius 3 is 1.20 bits per heavy atom. The molecule has 0 aliphatic carbocycles. The van der Waals surface area contributed by atoms with Gasteiger partial charge in [-0.3, -0.25) is 0 Å². The molecule has 0 aliphatic heterocycles. The molecule has 33 valence electrons. The van der Waals surface area contributed by atoms with Crippen LogP contribution in [0.5, 0.6) is 0 Å². The van der Waals surface area contributed by atoms with Crippen molar-refractivity contribution >= 4 is 29.8 Å². The topological polar surface area (TPSA) is 0 Å². The Morgan fingerprint density at radius 2 is 1.20 bits per heavy atom. The molecule has 0 aromatic rings. The standard InChI is InChI=1S/C2H6.Cl2P/c1-2;1-3-2/h1-2H3;. The first-order valence-electron chi connectivity index (χ1n) is 1.34. The molecule has 0 saturated carbocycles. The van der Waals surface area contributed by atoms with Crippen molar-refractivity contribution in [2.75, 3.05) is 0 Å². The molecule has 0 atom stereocenters. The highest BCUT2D eigenvalue weighted by molar-refractivity contribution is 7.90. The van der Waals surface area contributed by atoms with E-state index in [0.29, 0.717) is 7.29 Å². The van der Waals surface area contributed by atoms with E-state index in [2.05, 4.69) is 0 Å². The maximum absolute atomic E-state index is 4.74. The first-order valence-corrected chi connectivity index (χ1v) is 4.04. The van der Waals surface area contributed by atoms with E-state index in [4.69, 9.17) is 22.5 Å². The van der Waals surface area contributed by atoms with E-state index in [9.17, 15) is 0 Å². The van der Waals surface area contributed by atoms with E-state index in [-0.39, 0.29) is 0 Å². The zero-order valence-electron chi connectivity index (χ0n) is 3.20. The van der Waals surface area contributed by atoms with E-state index >= 15 is 0 Å². The summed E-state index contributed by atoms with van der Waals surface area (Å²) in [5.41, 5.74) is 0. The first kappa shape index (κ1) is 9.38. The van der Waals surface area contributed by atoms with Gasteiger partial charge in [0, 0.05) is 0 Å². The zero-order chi connectivity index (χ0) is 4.71. The predicted octanol–water partition coefficient (Wildman–Crippen LogP) is 3.27. The van der Waals surface area contributed by atoms with Gasteiger partial charge in [-0.05, 0) is 0 Å². The summed E-state index contributed by atoms with van der Waals surface area (Å²) >= 11 is 9.47. The van der Waals surface area contributed by atoms with Gasteiger partial charge in [-0.15, -0.1) is 0 Å². The zero-order valence-corrected chi connectivity index (χ0v) is 5.61. The van der Waals surface area contributed by atoms with Crippen LogP contribution in [0.3, 0.4) is 0 Å². The molecule has 0 saturated heterocycles.